The summed E-state index contributed by atoms with van der Waals surface area (Å²) in [4.78, 5) is 26.2. The van der Waals surface area contributed by atoms with Crippen LogP contribution >= 0.6 is 0 Å². The Balaban J connectivity index is 2.19. The number of pyridine rings is 1. The molecular formula is C14H19N3O4. The highest BCUT2D eigenvalue weighted by molar-refractivity contribution is 5.76. The predicted molar refractivity (Wildman–Crippen MR) is 77.3 cm³/mol. The van der Waals surface area contributed by atoms with Gasteiger partial charge in [-0.3, -0.25) is 14.9 Å². The van der Waals surface area contributed by atoms with E-state index in [0.717, 1.165) is 19.3 Å². The molecule has 2 N–H and O–H groups in total. The first-order valence-electron chi connectivity index (χ1n) is 7.04. The summed E-state index contributed by atoms with van der Waals surface area (Å²) in [5.41, 5.74) is -0.328. The average molecular weight is 293 g/mol. The average Bonchev–Trinajstić information content (AvgIpc) is 2.45. The van der Waals surface area contributed by atoms with Gasteiger partial charge in [-0.2, -0.15) is 0 Å². The molecule has 21 heavy (non-hydrogen) atoms. The van der Waals surface area contributed by atoms with Gasteiger partial charge in [0.05, 0.1) is 10.3 Å². The molecule has 0 spiro atoms. The number of hydrogen-bond acceptors (Lipinski definition) is 5. The van der Waals surface area contributed by atoms with E-state index in [9.17, 15) is 20.0 Å². The Morgan fingerprint density at radius 2 is 2.10 bits per heavy atom. The molecule has 1 aromatic heterocycles. The number of rotatable bonds is 5. The predicted octanol–water partition coefficient (Wildman–Crippen LogP) is 2.75. The molecular weight excluding hydrogens is 274 g/mol. The van der Waals surface area contributed by atoms with Crippen molar-refractivity contribution in [2.45, 2.75) is 39.0 Å². The topological polar surface area (TPSA) is 105 Å². The van der Waals surface area contributed by atoms with Gasteiger partial charge in [-0.1, -0.05) is 19.3 Å². The highest BCUT2D eigenvalue weighted by Gasteiger charge is 2.39. The maximum atomic E-state index is 11.6. The van der Waals surface area contributed by atoms with Crippen LogP contribution in [0.15, 0.2) is 12.1 Å². The van der Waals surface area contributed by atoms with Crippen molar-refractivity contribution in [3.8, 4) is 0 Å². The van der Waals surface area contributed by atoms with Crippen molar-refractivity contribution in [3.63, 3.8) is 0 Å². The number of carboxylic acids is 1. The van der Waals surface area contributed by atoms with Gasteiger partial charge in [-0.05, 0) is 25.8 Å². The van der Waals surface area contributed by atoms with E-state index < -0.39 is 16.3 Å². The lowest BCUT2D eigenvalue weighted by Gasteiger charge is -2.33. The molecule has 0 amide bonds. The quantitative estimate of drug-likeness (QED) is 0.638. The number of nitrogens with zero attached hydrogens (tertiary/aromatic N) is 2. The smallest absolute Gasteiger partial charge is 0.311 e. The Morgan fingerprint density at radius 3 is 2.67 bits per heavy atom. The first-order chi connectivity index (χ1) is 9.94. The van der Waals surface area contributed by atoms with Crippen LogP contribution in [0.3, 0.4) is 0 Å². The van der Waals surface area contributed by atoms with E-state index in [0.29, 0.717) is 18.5 Å². The lowest BCUT2D eigenvalue weighted by atomic mass is 9.74. The van der Waals surface area contributed by atoms with Crippen LogP contribution < -0.4 is 5.32 Å². The van der Waals surface area contributed by atoms with Crippen LogP contribution in [-0.4, -0.2) is 27.5 Å². The lowest BCUT2D eigenvalue weighted by molar-refractivity contribution is -0.384. The molecule has 1 aliphatic carbocycles. The van der Waals surface area contributed by atoms with Gasteiger partial charge in [0.1, 0.15) is 0 Å². The molecule has 1 aromatic rings. The minimum absolute atomic E-state index is 0.128. The fourth-order valence-corrected chi connectivity index (χ4v) is 2.77. The molecule has 0 radical (unpaired) electrons. The van der Waals surface area contributed by atoms with E-state index in [1.54, 1.807) is 13.0 Å². The Bertz CT molecular complexity index is 553. The molecule has 0 saturated heterocycles. The van der Waals surface area contributed by atoms with Crippen molar-refractivity contribution in [2.24, 2.45) is 5.41 Å². The first-order valence-corrected chi connectivity index (χ1v) is 7.04. The number of carboxylic acid groups (broad SMARTS) is 1. The zero-order valence-electron chi connectivity index (χ0n) is 12.0. The lowest BCUT2D eigenvalue weighted by Crippen LogP contribution is -2.39. The molecule has 0 aliphatic heterocycles. The molecule has 7 heteroatoms. The summed E-state index contributed by atoms with van der Waals surface area (Å²) >= 11 is 0. The van der Waals surface area contributed by atoms with Crippen LogP contribution in [-0.2, 0) is 4.79 Å². The van der Waals surface area contributed by atoms with Crippen molar-refractivity contribution in [2.75, 3.05) is 11.9 Å². The summed E-state index contributed by atoms with van der Waals surface area (Å²) in [6.07, 6.45) is 3.97. The van der Waals surface area contributed by atoms with E-state index in [1.165, 1.54) is 6.07 Å². The number of hydrogen-bond donors (Lipinski definition) is 2. The van der Waals surface area contributed by atoms with Gasteiger partial charge < -0.3 is 10.4 Å². The summed E-state index contributed by atoms with van der Waals surface area (Å²) in [6, 6.07) is 2.95. The van der Waals surface area contributed by atoms with Crippen molar-refractivity contribution in [1.29, 1.82) is 0 Å². The Morgan fingerprint density at radius 1 is 1.43 bits per heavy atom. The third kappa shape index (κ3) is 3.29. The van der Waals surface area contributed by atoms with Crippen molar-refractivity contribution < 1.29 is 14.8 Å². The third-order valence-corrected chi connectivity index (χ3v) is 4.07. The Kier molecular flexibility index (Phi) is 4.40. The van der Waals surface area contributed by atoms with Crippen LogP contribution in [0, 0.1) is 22.5 Å². The standard InChI is InChI=1S/C14H19N3O4/c1-10-5-6-11(17(20)21)12(16-10)15-9-14(13(18)19)7-3-2-4-8-14/h5-6H,2-4,7-9H2,1H3,(H,15,16)(H,18,19). The minimum atomic E-state index is -0.850. The van der Waals surface area contributed by atoms with Gasteiger partial charge in [0.15, 0.2) is 0 Å². The number of nitro groups is 1. The molecule has 0 bridgehead atoms. The number of carbonyl (C=O) groups is 1. The minimum Gasteiger partial charge on any atom is -0.481 e. The molecule has 0 atom stereocenters. The van der Waals surface area contributed by atoms with Crippen molar-refractivity contribution in [3.05, 3.63) is 27.9 Å². The Labute approximate surface area is 122 Å². The first kappa shape index (κ1) is 15.2. The number of nitrogens with one attached hydrogen (secondary N) is 1. The fourth-order valence-electron chi connectivity index (χ4n) is 2.77. The number of aryl methyl sites for hydroxylation is 1. The SMILES string of the molecule is Cc1ccc([N+](=O)[O-])c(NCC2(C(=O)O)CCCCC2)n1. The monoisotopic (exact) mass is 293 g/mol. The number of aromatic nitrogens is 1. The van der Waals surface area contributed by atoms with Gasteiger partial charge in [0.2, 0.25) is 5.82 Å². The summed E-state index contributed by atoms with van der Waals surface area (Å²) in [5, 5.41) is 23.4. The zero-order chi connectivity index (χ0) is 15.5. The summed E-state index contributed by atoms with van der Waals surface area (Å²) < 4.78 is 0. The highest BCUT2D eigenvalue weighted by Crippen LogP contribution is 2.37. The molecule has 1 aliphatic rings. The second kappa shape index (κ2) is 6.07. The van der Waals surface area contributed by atoms with Gasteiger partial charge in [-0.25, -0.2) is 4.98 Å². The molecule has 7 nitrogen and oxygen atoms in total. The van der Waals surface area contributed by atoms with E-state index in [2.05, 4.69) is 10.3 Å². The molecule has 1 fully saturated rings. The summed E-state index contributed by atoms with van der Waals surface area (Å²) in [5.74, 6) is -0.698. The van der Waals surface area contributed by atoms with Gasteiger partial charge in [0, 0.05) is 18.3 Å². The summed E-state index contributed by atoms with van der Waals surface area (Å²) in [6.45, 7) is 1.90. The van der Waals surface area contributed by atoms with Crippen LogP contribution in [0.1, 0.15) is 37.8 Å². The maximum absolute atomic E-state index is 11.6. The summed E-state index contributed by atoms with van der Waals surface area (Å²) in [7, 11) is 0. The maximum Gasteiger partial charge on any atom is 0.311 e. The van der Waals surface area contributed by atoms with Gasteiger partial charge >= 0.3 is 11.7 Å². The molecule has 2 rings (SSSR count). The number of anilines is 1. The van der Waals surface area contributed by atoms with Gasteiger partial charge in [-0.15, -0.1) is 0 Å². The second-order valence-corrected chi connectivity index (χ2v) is 5.58. The van der Waals surface area contributed by atoms with E-state index in [1.807, 2.05) is 0 Å². The van der Waals surface area contributed by atoms with Gasteiger partial charge in [0.25, 0.3) is 0 Å². The number of aliphatic carboxylic acids is 1. The van der Waals surface area contributed by atoms with E-state index in [4.69, 9.17) is 0 Å². The van der Waals surface area contributed by atoms with E-state index >= 15 is 0 Å². The largest absolute Gasteiger partial charge is 0.481 e. The van der Waals surface area contributed by atoms with Crippen LogP contribution in [0.2, 0.25) is 0 Å². The van der Waals surface area contributed by atoms with Crippen LogP contribution in [0.25, 0.3) is 0 Å². The molecule has 1 saturated carbocycles. The normalized spacial score (nSPS) is 17.2. The van der Waals surface area contributed by atoms with Crippen molar-refractivity contribution in [1.82, 2.24) is 4.98 Å². The van der Waals surface area contributed by atoms with E-state index in [-0.39, 0.29) is 18.1 Å². The third-order valence-electron chi connectivity index (χ3n) is 4.07. The molecule has 1 heterocycles. The Hall–Kier alpha value is -2.18. The van der Waals surface area contributed by atoms with Crippen LogP contribution in [0.5, 0.6) is 0 Å². The molecule has 0 aromatic carbocycles. The van der Waals surface area contributed by atoms with Crippen molar-refractivity contribution >= 4 is 17.5 Å². The second-order valence-electron chi connectivity index (χ2n) is 5.58. The zero-order valence-corrected chi connectivity index (χ0v) is 12.0. The fraction of sp³-hybridized carbons (Fsp3) is 0.571. The molecule has 114 valence electrons. The van der Waals surface area contributed by atoms with Crippen LogP contribution in [0.4, 0.5) is 11.5 Å². The molecule has 0 unspecified atom stereocenters. The highest BCUT2D eigenvalue weighted by atomic mass is 16.6.